The first-order valence-electron chi connectivity index (χ1n) is 7.24. The zero-order chi connectivity index (χ0) is 15.2. The smallest absolute Gasteiger partial charge is 0.308 e. The lowest BCUT2D eigenvalue weighted by Crippen LogP contribution is -2.37. The largest absolute Gasteiger partial charge is 0.463 e. The molecule has 21 heavy (non-hydrogen) atoms. The highest BCUT2D eigenvalue weighted by molar-refractivity contribution is 5.70. The molecule has 1 unspecified atom stereocenters. The van der Waals surface area contributed by atoms with Crippen LogP contribution in [-0.4, -0.2) is 36.0 Å². The van der Waals surface area contributed by atoms with Gasteiger partial charge in [-0.05, 0) is 13.8 Å². The van der Waals surface area contributed by atoms with Gasteiger partial charge in [0.2, 0.25) is 0 Å². The molecule has 0 radical (unpaired) electrons. The maximum atomic E-state index is 11.8. The summed E-state index contributed by atoms with van der Waals surface area (Å²) in [4.78, 5) is 11.8. The van der Waals surface area contributed by atoms with Crippen LogP contribution in [0, 0.1) is 0 Å². The summed E-state index contributed by atoms with van der Waals surface area (Å²) in [6.07, 6.45) is -0.702. The molecule has 1 aliphatic rings. The SMILES string of the molecule is CC(C)OC(=O)C[C@H]1C[C@@H](CO)OC(c2ccccc2)O1. The molecule has 1 fully saturated rings. The minimum absolute atomic E-state index is 0.0948. The van der Waals surface area contributed by atoms with Crippen LogP contribution in [0.5, 0.6) is 0 Å². The summed E-state index contributed by atoms with van der Waals surface area (Å²) in [7, 11) is 0. The number of esters is 1. The molecule has 0 aromatic heterocycles. The number of rotatable bonds is 5. The molecule has 1 aliphatic heterocycles. The third-order valence-electron chi connectivity index (χ3n) is 3.19. The Morgan fingerprint density at radius 3 is 2.57 bits per heavy atom. The molecule has 0 amide bonds. The second-order valence-corrected chi connectivity index (χ2v) is 5.42. The van der Waals surface area contributed by atoms with Gasteiger partial charge in [0.15, 0.2) is 6.29 Å². The standard InChI is InChI=1S/C16H22O5/c1-11(2)19-15(18)9-13-8-14(10-17)21-16(20-13)12-6-4-3-5-7-12/h3-7,11,13-14,16-17H,8-10H2,1-2H3/t13-,14+,16?/m1/s1. The van der Waals surface area contributed by atoms with Crippen molar-refractivity contribution in [3.8, 4) is 0 Å². The van der Waals surface area contributed by atoms with Crippen molar-refractivity contribution in [3.05, 3.63) is 35.9 Å². The van der Waals surface area contributed by atoms with E-state index >= 15 is 0 Å². The third-order valence-corrected chi connectivity index (χ3v) is 3.19. The van der Waals surface area contributed by atoms with Gasteiger partial charge in [-0.1, -0.05) is 30.3 Å². The fourth-order valence-electron chi connectivity index (χ4n) is 2.30. The summed E-state index contributed by atoms with van der Waals surface area (Å²) >= 11 is 0. The Kier molecular flexibility index (Phi) is 5.73. The lowest BCUT2D eigenvalue weighted by molar-refractivity contribution is -0.255. The average Bonchev–Trinajstić information content (AvgIpc) is 2.46. The Labute approximate surface area is 124 Å². The van der Waals surface area contributed by atoms with Gasteiger partial charge in [-0.3, -0.25) is 4.79 Å². The van der Waals surface area contributed by atoms with Crippen LogP contribution in [0.4, 0.5) is 0 Å². The van der Waals surface area contributed by atoms with Gasteiger partial charge in [0.05, 0.1) is 31.3 Å². The molecule has 0 saturated carbocycles. The van der Waals surface area contributed by atoms with E-state index in [4.69, 9.17) is 14.2 Å². The molecule has 2 rings (SSSR count). The van der Waals surface area contributed by atoms with E-state index in [9.17, 15) is 9.90 Å². The van der Waals surface area contributed by atoms with Crippen molar-refractivity contribution < 1.29 is 24.1 Å². The zero-order valence-corrected chi connectivity index (χ0v) is 12.4. The molecule has 1 heterocycles. The Balaban J connectivity index is 2.00. The van der Waals surface area contributed by atoms with Crippen LogP contribution in [-0.2, 0) is 19.0 Å². The van der Waals surface area contributed by atoms with Crippen molar-refractivity contribution in [1.82, 2.24) is 0 Å². The Bertz CT molecular complexity index is 445. The maximum absolute atomic E-state index is 11.8. The van der Waals surface area contributed by atoms with Gasteiger partial charge in [0.25, 0.3) is 0 Å². The predicted molar refractivity (Wildman–Crippen MR) is 76.5 cm³/mol. The molecule has 5 heteroatoms. The maximum Gasteiger partial charge on any atom is 0.308 e. The molecular weight excluding hydrogens is 272 g/mol. The molecule has 0 spiro atoms. The summed E-state index contributed by atoms with van der Waals surface area (Å²) < 4.78 is 16.7. The van der Waals surface area contributed by atoms with E-state index in [-0.39, 0.29) is 37.3 Å². The first-order chi connectivity index (χ1) is 10.1. The van der Waals surface area contributed by atoms with Crippen LogP contribution >= 0.6 is 0 Å². The number of carbonyl (C=O) groups is 1. The number of hydrogen-bond donors (Lipinski definition) is 1. The molecule has 3 atom stereocenters. The van der Waals surface area contributed by atoms with E-state index in [1.807, 2.05) is 44.2 Å². The van der Waals surface area contributed by atoms with E-state index in [0.717, 1.165) is 5.56 Å². The normalized spacial score (nSPS) is 25.8. The molecular formula is C16H22O5. The van der Waals surface area contributed by atoms with E-state index in [1.54, 1.807) is 0 Å². The first kappa shape index (κ1) is 15.9. The minimum Gasteiger partial charge on any atom is -0.463 e. The highest BCUT2D eigenvalue weighted by atomic mass is 16.7. The van der Waals surface area contributed by atoms with Crippen LogP contribution in [0.2, 0.25) is 0 Å². The number of aliphatic hydroxyl groups is 1. The van der Waals surface area contributed by atoms with Crippen molar-refractivity contribution in [1.29, 1.82) is 0 Å². The number of aliphatic hydroxyl groups excluding tert-OH is 1. The minimum atomic E-state index is -0.561. The monoisotopic (exact) mass is 294 g/mol. The molecule has 116 valence electrons. The first-order valence-corrected chi connectivity index (χ1v) is 7.24. The van der Waals surface area contributed by atoms with Gasteiger partial charge < -0.3 is 19.3 Å². The zero-order valence-electron chi connectivity index (χ0n) is 12.4. The fraction of sp³-hybridized carbons (Fsp3) is 0.562. The van der Waals surface area contributed by atoms with Crippen molar-refractivity contribution in [3.63, 3.8) is 0 Å². The van der Waals surface area contributed by atoms with Gasteiger partial charge in [0.1, 0.15) is 0 Å². The third kappa shape index (κ3) is 4.81. The molecule has 1 N–H and O–H groups in total. The molecule has 0 bridgehead atoms. The van der Waals surface area contributed by atoms with Crippen molar-refractivity contribution in [2.24, 2.45) is 0 Å². The number of carbonyl (C=O) groups excluding carboxylic acids is 1. The Morgan fingerprint density at radius 2 is 1.95 bits per heavy atom. The van der Waals surface area contributed by atoms with Crippen LogP contribution in [0.25, 0.3) is 0 Å². The molecule has 1 saturated heterocycles. The highest BCUT2D eigenvalue weighted by Crippen LogP contribution is 2.31. The Hall–Kier alpha value is -1.43. The molecule has 1 aromatic carbocycles. The summed E-state index contributed by atoms with van der Waals surface area (Å²) in [5, 5.41) is 9.36. The van der Waals surface area contributed by atoms with Crippen LogP contribution in [0.3, 0.4) is 0 Å². The van der Waals surface area contributed by atoms with Crippen molar-refractivity contribution >= 4 is 5.97 Å². The fourth-order valence-corrected chi connectivity index (χ4v) is 2.30. The van der Waals surface area contributed by atoms with Crippen molar-refractivity contribution in [2.75, 3.05) is 6.61 Å². The molecule has 0 aliphatic carbocycles. The van der Waals surface area contributed by atoms with Gasteiger partial charge in [-0.25, -0.2) is 0 Å². The summed E-state index contributed by atoms with van der Waals surface area (Å²) in [6, 6.07) is 9.49. The Morgan fingerprint density at radius 1 is 1.29 bits per heavy atom. The lowest BCUT2D eigenvalue weighted by Gasteiger charge is -2.35. The summed E-state index contributed by atoms with van der Waals surface area (Å²) in [5.74, 6) is -0.291. The van der Waals surface area contributed by atoms with Gasteiger partial charge in [0, 0.05) is 12.0 Å². The second kappa shape index (κ2) is 7.54. The molecule has 1 aromatic rings. The van der Waals surface area contributed by atoms with Gasteiger partial charge in [-0.2, -0.15) is 0 Å². The lowest BCUT2D eigenvalue weighted by atomic mass is 10.1. The average molecular weight is 294 g/mol. The topological polar surface area (TPSA) is 65.0 Å². The number of benzene rings is 1. The van der Waals surface area contributed by atoms with Gasteiger partial charge >= 0.3 is 5.97 Å². The van der Waals surface area contributed by atoms with Crippen LogP contribution in [0.15, 0.2) is 30.3 Å². The number of ether oxygens (including phenoxy) is 3. The second-order valence-electron chi connectivity index (χ2n) is 5.42. The molecule has 5 nitrogen and oxygen atoms in total. The van der Waals surface area contributed by atoms with Crippen LogP contribution in [0.1, 0.15) is 38.5 Å². The quantitative estimate of drug-likeness (QED) is 0.843. The van der Waals surface area contributed by atoms with Crippen LogP contribution < -0.4 is 0 Å². The number of hydrogen-bond acceptors (Lipinski definition) is 5. The van der Waals surface area contributed by atoms with E-state index in [2.05, 4.69) is 0 Å². The van der Waals surface area contributed by atoms with Crippen molar-refractivity contribution in [2.45, 2.75) is 51.3 Å². The van der Waals surface area contributed by atoms with Gasteiger partial charge in [-0.15, -0.1) is 0 Å². The summed E-state index contributed by atoms with van der Waals surface area (Å²) in [6.45, 7) is 3.53. The highest BCUT2D eigenvalue weighted by Gasteiger charge is 2.32. The van der Waals surface area contributed by atoms with E-state index in [1.165, 1.54) is 0 Å². The summed E-state index contributed by atoms with van der Waals surface area (Å²) in [5.41, 5.74) is 0.873. The van der Waals surface area contributed by atoms with E-state index < -0.39 is 6.29 Å². The predicted octanol–water partition coefficient (Wildman–Crippen LogP) is 2.19. The van der Waals surface area contributed by atoms with E-state index in [0.29, 0.717) is 6.42 Å².